The molecule has 1 unspecified atom stereocenters. The number of cyclic esters (lactones) is 2. The van der Waals surface area contributed by atoms with E-state index in [2.05, 4.69) is 10.1 Å². The molecule has 1 fully saturated rings. The number of esters is 2. The lowest BCUT2D eigenvalue weighted by atomic mass is 9.97. The molecular formula is C15H16ClNO5. The topological polar surface area (TPSA) is 81.7 Å². The van der Waals surface area contributed by atoms with Gasteiger partial charge in [-0.1, -0.05) is 17.7 Å². The SMILES string of the molecule is CC(C)(C)OC(=O)Nc1cc(C2CC(=O)OC2=O)ccc1Cl. The molecule has 1 heterocycles. The lowest BCUT2D eigenvalue weighted by Crippen LogP contribution is -2.27. The van der Waals surface area contributed by atoms with Crippen LogP contribution in [0.15, 0.2) is 18.2 Å². The third kappa shape index (κ3) is 3.98. The fraction of sp³-hybridized carbons (Fsp3) is 0.400. The molecule has 7 heteroatoms. The average Bonchev–Trinajstić information content (AvgIpc) is 2.69. The summed E-state index contributed by atoms with van der Waals surface area (Å²) in [6.45, 7) is 5.22. The van der Waals surface area contributed by atoms with Crippen molar-refractivity contribution in [2.75, 3.05) is 5.32 Å². The number of rotatable bonds is 2. The zero-order valence-electron chi connectivity index (χ0n) is 12.4. The summed E-state index contributed by atoms with van der Waals surface area (Å²) in [5, 5.41) is 2.82. The van der Waals surface area contributed by atoms with Crippen LogP contribution < -0.4 is 5.32 Å². The Balaban J connectivity index is 2.19. The van der Waals surface area contributed by atoms with Crippen LogP contribution in [0.4, 0.5) is 10.5 Å². The van der Waals surface area contributed by atoms with E-state index >= 15 is 0 Å². The normalized spacial score (nSPS) is 18.1. The summed E-state index contributed by atoms with van der Waals surface area (Å²) in [7, 11) is 0. The highest BCUT2D eigenvalue weighted by atomic mass is 35.5. The van der Waals surface area contributed by atoms with E-state index < -0.39 is 29.6 Å². The predicted octanol–water partition coefficient (Wildman–Crippen LogP) is 3.24. The summed E-state index contributed by atoms with van der Waals surface area (Å²) in [4.78, 5) is 34.6. The summed E-state index contributed by atoms with van der Waals surface area (Å²) in [5.41, 5.74) is 0.211. The number of hydrogen-bond donors (Lipinski definition) is 1. The maximum atomic E-state index is 11.8. The number of amides is 1. The number of nitrogens with one attached hydrogen (secondary N) is 1. The van der Waals surface area contributed by atoms with Gasteiger partial charge in [0, 0.05) is 0 Å². The Kier molecular flexibility index (Phi) is 4.42. The van der Waals surface area contributed by atoms with E-state index in [1.165, 1.54) is 6.07 Å². The summed E-state index contributed by atoms with van der Waals surface area (Å²) >= 11 is 6.03. The minimum atomic E-state index is -0.677. The van der Waals surface area contributed by atoms with Crippen LogP contribution in [0.1, 0.15) is 38.7 Å². The molecule has 6 nitrogen and oxygen atoms in total. The molecule has 22 heavy (non-hydrogen) atoms. The van der Waals surface area contributed by atoms with Gasteiger partial charge in [-0.15, -0.1) is 0 Å². The first kappa shape index (κ1) is 16.3. The highest BCUT2D eigenvalue weighted by Crippen LogP contribution is 2.32. The van der Waals surface area contributed by atoms with Gasteiger partial charge in [0.25, 0.3) is 0 Å². The predicted molar refractivity (Wildman–Crippen MR) is 79.8 cm³/mol. The van der Waals surface area contributed by atoms with Gasteiger partial charge in [0.15, 0.2) is 0 Å². The van der Waals surface area contributed by atoms with Crippen LogP contribution in [-0.2, 0) is 19.1 Å². The van der Waals surface area contributed by atoms with E-state index in [4.69, 9.17) is 16.3 Å². The Hall–Kier alpha value is -2.08. The lowest BCUT2D eigenvalue weighted by molar-refractivity contribution is -0.152. The molecule has 1 aliphatic rings. The van der Waals surface area contributed by atoms with E-state index in [-0.39, 0.29) is 6.42 Å². The number of halogens is 1. The molecule has 1 amide bonds. The van der Waals surface area contributed by atoms with Gasteiger partial charge in [-0.3, -0.25) is 14.9 Å². The third-order valence-corrected chi connectivity index (χ3v) is 3.23. The minimum absolute atomic E-state index is 0.0215. The highest BCUT2D eigenvalue weighted by molar-refractivity contribution is 6.33. The molecule has 2 rings (SSSR count). The average molecular weight is 326 g/mol. The van der Waals surface area contributed by atoms with Crippen molar-refractivity contribution in [1.82, 2.24) is 0 Å². The van der Waals surface area contributed by atoms with Crippen LogP contribution in [0.25, 0.3) is 0 Å². The third-order valence-electron chi connectivity index (χ3n) is 2.90. The van der Waals surface area contributed by atoms with Gasteiger partial charge >= 0.3 is 18.0 Å². The number of anilines is 1. The largest absolute Gasteiger partial charge is 0.444 e. The fourth-order valence-electron chi connectivity index (χ4n) is 2.00. The molecule has 1 N–H and O–H groups in total. The van der Waals surface area contributed by atoms with E-state index in [1.54, 1.807) is 32.9 Å². The maximum absolute atomic E-state index is 11.8. The molecule has 0 saturated carbocycles. The molecule has 1 aromatic rings. The van der Waals surface area contributed by atoms with E-state index in [9.17, 15) is 14.4 Å². The van der Waals surface area contributed by atoms with Gasteiger partial charge in [0.1, 0.15) is 5.60 Å². The second-order valence-corrected chi connectivity index (χ2v) is 6.32. The Morgan fingerprint density at radius 1 is 1.36 bits per heavy atom. The van der Waals surface area contributed by atoms with Crippen molar-refractivity contribution in [1.29, 1.82) is 0 Å². The summed E-state index contributed by atoms with van der Waals surface area (Å²) in [6, 6.07) is 4.70. The van der Waals surface area contributed by atoms with E-state index in [0.717, 1.165) is 0 Å². The highest BCUT2D eigenvalue weighted by Gasteiger charge is 2.35. The first-order valence-corrected chi connectivity index (χ1v) is 7.07. The molecule has 0 spiro atoms. The standard InChI is InChI=1S/C15H16ClNO5/c1-15(2,3)22-14(20)17-11-6-8(4-5-10(11)16)9-7-12(18)21-13(9)19/h4-6,9H,7H2,1-3H3,(H,17,20). The van der Waals surface area contributed by atoms with Crippen LogP contribution in [0, 0.1) is 0 Å². The molecule has 0 radical (unpaired) electrons. The molecule has 1 aromatic carbocycles. The van der Waals surface area contributed by atoms with Crippen molar-refractivity contribution in [3.05, 3.63) is 28.8 Å². The van der Waals surface area contributed by atoms with E-state index in [0.29, 0.717) is 16.3 Å². The number of carbonyl (C=O) groups is 3. The van der Waals surface area contributed by atoms with Crippen molar-refractivity contribution in [2.45, 2.75) is 38.7 Å². The molecule has 1 saturated heterocycles. The number of ether oxygens (including phenoxy) is 2. The fourth-order valence-corrected chi connectivity index (χ4v) is 2.16. The first-order valence-electron chi connectivity index (χ1n) is 6.70. The molecule has 118 valence electrons. The van der Waals surface area contributed by atoms with Crippen LogP contribution in [0.3, 0.4) is 0 Å². The van der Waals surface area contributed by atoms with Crippen molar-refractivity contribution < 1.29 is 23.9 Å². The van der Waals surface area contributed by atoms with Crippen molar-refractivity contribution in [2.24, 2.45) is 0 Å². The second-order valence-electron chi connectivity index (χ2n) is 5.92. The summed E-state index contributed by atoms with van der Waals surface area (Å²) in [6.07, 6.45) is -0.677. The summed E-state index contributed by atoms with van der Waals surface area (Å²) in [5.74, 6) is -1.84. The summed E-state index contributed by atoms with van der Waals surface area (Å²) < 4.78 is 9.67. The van der Waals surface area contributed by atoms with Gasteiger partial charge in [-0.05, 0) is 38.5 Å². The van der Waals surface area contributed by atoms with Crippen molar-refractivity contribution in [3.63, 3.8) is 0 Å². The van der Waals surface area contributed by atoms with Gasteiger partial charge in [0.2, 0.25) is 0 Å². The van der Waals surface area contributed by atoms with Gasteiger partial charge in [-0.25, -0.2) is 4.79 Å². The lowest BCUT2D eigenvalue weighted by Gasteiger charge is -2.20. The van der Waals surface area contributed by atoms with E-state index in [1.807, 2.05) is 0 Å². The maximum Gasteiger partial charge on any atom is 0.412 e. The Morgan fingerprint density at radius 3 is 2.59 bits per heavy atom. The quantitative estimate of drug-likeness (QED) is 0.666. The zero-order valence-corrected chi connectivity index (χ0v) is 13.2. The van der Waals surface area contributed by atoms with Crippen LogP contribution >= 0.6 is 11.6 Å². The Morgan fingerprint density at radius 2 is 2.05 bits per heavy atom. The van der Waals surface area contributed by atoms with Crippen molar-refractivity contribution in [3.8, 4) is 0 Å². The molecule has 1 aliphatic heterocycles. The number of carbonyl (C=O) groups excluding carboxylic acids is 3. The zero-order chi connectivity index (χ0) is 16.5. The molecule has 1 atom stereocenters. The minimum Gasteiger partial charge on any atom is -0.444 e. The Bertz CT molecular complexity index is 635. The van der Waals surface area contributed by atoms with Gasteiger partial charge in [0.05, 0.1) is 23.0 Å². The van der Waals surface area contributed by atoms with Crippen LogP contribution in [0.5, 0.6) is 0 Å². The second kappa shape index (κ2) is 5.96. The number of hydrogen-bond acceptors (Lipinski definition) is 5. The van der Waals surface area contributed by atoms with Gasteiger partial charge in [-0.2, -0.15) is 0 Å². The molecule has 0 aromatic heterocycles. The monoisotopic (exact) mass is 325 g/mol. The Labute approximate surface area is 132 Å². The molecule has 0 bridgehead atoms. The number of benzene rings is 1. The van der Waals surface area contributed by atoms with Crippen molar-refractivity contribution >= 4 is 35.3 Å². The van der Waals surface area contributed by atoms with Crippen LogP contribution in [0.2, 0.25) is 5.02 Å². The van der Waals surface area contributed by atoms with Gasteiger partial charge < -0.3 is 9.47 Å². The van der Waals surface area contributed by atoms with Crippen LogP contribution in [-0.4, -0.2) is 23.6 Å². The smallest absolute Gasteiger partial charge is 0.412 e. The first-order chi connectivity index (χ1) is 10.2. The molecular weight excluding hydrogens is 310 g/mol. The molecule has 0 aliphatic carbocycles.